The summed E-state index contributed by atoms with van der Waals surface area (Å²) in [7, 11) is 0. The standard InChI is InChI=1S/C14H23N/c1-4-7-14(6-3)12-15-10-8-13(5-2)9-11-15/h4,6-7,13H,1,3,5,8-12H2,2H3/b14-7+. The monoisotopic (exact) mass is 205 g/mol. The molecule has 15 heavy (non-hydrogen) atoms. The molecule has 0 aromatic carbocycles. The highest BCUT2D eigenvalue weighted by Crippen LogP contribution is 2.20. The zero-order valence-electron chi connectivity index (χ0n) is 9.91. The fraction of sp³-hybridized carbons (Fsp3) is 0.571. The molecule has 0 N–H and O–H groups in total. The van der Waals surface area contributed by atoms with E-state index in [1.807, 2.05) is 12.2 Å². The van der Waals surface area contributed by atoms with Crippen LogP contribution in [0, 0.1) is 5.92 Å². The molecule has 0 radical (unpaired) electrons. The first-order valence-electron chi connectivity index (χ1n) is 5.96. The number of rotatable bonds is 5. The van der Waals surface area contributed by atoms with Crippen LogP contribution in [0.1, 0.15) is 26.2 Å². The van der Waals surface area contributed by atoms with Gasteiger partial charge in [-0.3, -0.25) is 4.90 Å². The zero-order valence-corrected chi connectivity index (χ0v) is 9.91. The lowest BCUT2D eigenvalue weighted by molar-refractivity contribution is 0.195. The van der Waals surface area contributed by atoms with Gasteiger partial charge in [0.25, 0.3) is 0 Å². The highest BCUT2D eigenvalue weighted by atomic mass is 15.1. The van der Waals surface area contributed by atoms with E-state index in [4.69, 9.17) is 0 Å². The van der Waals surface area contributed by atoms with Crippen LogP contribution in [0.5, 0.6) is 0 Å². The number of likely N-dealkylation sites (tertiary alicyclic amines) is 1. The maximum absolute atomic E-state index is 3.83. The van der Waals surface area contributed by atoms with Gasteiger partial charge < -0.3 is 0 Å². The summed E-state index contributed by atoms with van der Waals surface area (Å²) in [5, 5.41) is 0. The molecule has 0 aliphatic carbocycles. The predicted molar refractivity (Wildman–Crippen MR) is 67.9 cm³/mol. The van der Waals surface area contributed by atoms with Crippen LogP contribution in [0.3, 0.4) is 0 Å². The Labute approximate surface area is 94.2 Å². The SMILES string of the molecule is C=C/C=C(\C=C)CN1CCC(CC)CC1. The lowest BCUT2D eigenvalue weighted by Crippen LogP contribution is -2.34. The van der Waals surface area contributed by atoms with Crippen molar-refractivity contribution >= 4 is 0 Å². The molecule has 0 unspecified atom stereocenters. The minimum Gasteiger partial charge on any atom is -0.299 e. The van der Waals surface area contributed by atoms with E-state index in [9.17, 15) is 0 Å². The zero-order chi connectivity index (χ0) is 11.1. The normalized spacial score (nSPS) is 20.2. The number of nitrogens with zero attached hydrogens (tertiary/aromatic N) is 1. The Balaban J connectivity index is 2.37. The minimum atomic E-state index is 0.955. The van der Waals surface area contributed by atoms with E-state index in [0.717, 1.165) is 12.5 Å². The van der Waals surface area contributed by atoms with Crippen LogP contribution in [-0.4, -0.2) is 24.5 Å². The van der Waals surface area contributed by atoms with Crippen LogP contribution in [0.25, 0.3) is 0 Å². The molecule has 0 spiro atoms. The van der Waals surface area contributed by atoms with Gasteiger partial charge in [-0.2, -0.15) is 0 Å². The fourth-order valence-electron chi connectivity index (χ4n) is 2.15. The van der Waals surface area contributed by atoms with E-state index < -0.39 is 0 Å². The molecule has 1 fully saturated rings. The van der Waals surface area contributed by atoms with E-state index in [0.29, 0.717) is 0 Å². The third-order valence-electron chi connectivity index (χ3n) is 3.28. The minimum absolute atomic E-state index is 0.955. The second-order valence-electron chi connectivity index (χ2n) is 4.31. The predicted octanol–water partition coefficient (Wildman–Crippen LogP) is 3.41. The first-order valence-corrected chi connectivity index (χ1v) is 5.96. The summed E-state index contributed by atoms with van der Waals surface area (Å²) < 4.78 is 0. The molecule has 0 bridgehead atoms. The molecule has 84 valence electrons. The summed E-state index contributed by atoms with van der Waals surface area (Å²) in [5.41, 5.74) is 1.28. The van der Waals surface area contributed by atoms with Crippen molar-refractivity contribution in [3.8, 4) is 0 Å². The van der Waals surface area contributed by atoms with Crippen molar-refractivity contribution in [2.45, 2.75) is 26.2 Å². The molecule has 1 nitrogen and oxygen atoms in total. The smallest absolute Gasteiger partial charge is 0.0233 e. The van der Waals surface area contributed by atoms with Crippen molar-refractivity contribution in [3.63, 3.8) is 0 Å². The van der Waals surface area contributed by atoms with Gasteiger partial charge >= 0.3 is 0 Å². The van der Waals surface area contributed by atoms with Crippen LogP contribution in [0.15, 0.2) is 37.0 Å². The van der Waals surface area contributed by atoms with E-state index >= 15 is 0 Å². The molecule has 0 aromatic heterocycles. The Hall–Kier alpha value is -0.820. The van der Waals surface area contributed by atoms with Gasteiger partial charge in [0.05, 0.1) is 0 Å². The maximum atomic E-state index is 3.83. The molecule has 1 heterocycles. The Morgan fingerprint density at radius 1 is 1.33 bits per heavy atom. The first-order chi connectivity index (χ1) is 7.30. The average Bonchev–Trinajstić information content (AvgIpc) is 2.29. The number of hydrogen-bond donors (Lipinski definition) is 0. The van der Waals surface area contributed by atoms with Crippen LogP contribution >= 0.6 is 0 Å². The van der Waals surface area contributed by atoms with E-state index in [1.165, 1.54) is 37.9 Å². The average molecular weight is 205 g/mol. The third-order valence-corrected chi connectivity index (χ3v) is 3.28. The Kier molecular flexibility index (Phi) is 5.41. The van der Waals surface area contributed by atoms with Crippen molar-refractivity contribution < 1.29 is 0 Å². The molecule has 0 atom stereocenters. The van der Waals surface area contributed by atoms with Gasteiger partial charge in [-0.05, 0) is 37.4 Å². The number of hydrogen-bond acceptors (Lipinski definition) is 1. The molecule has 1 aliphatic rings. The second kappa shape index (κ2) is 6.62. The first kappa shape index (κ1) is 12.3. The highest BCUT2D eigenvalue weighted by Gasteiger charge is 2.17. The molecule has 1 rings (SSSR count). The van der Waals surface area contributed by atoms with Gasteiger partial charge in [0, 0.05) is 6.54 Å². The summed E-state index contributed by atoms with van der Waals surface area (Å²) >= 11 is 0. The Bertz CT molecular complexity index is 232. The van der Waals surface area contributed by atoms with Gasteiger partial charge in [0.2, 0.25) is 0 Å². The summed E-state index contributed by atoms with van der Waals surface area (Å²) in [4.78, 5) is 2.52. The van der Waals surface area contributed by atoms with Crippen LogP contribution < -0.4 is 0 Å². The lowest BCUT2D eigenvalue weighted by Gasteiger charge is -2.31. The van der Waals surface area contributed by atoms with Gasteiger partial charge in [-0.15, -0.1) is 0 Å². The largest absolute Gasteiger partial charge is 0.299 e. The van der Waals surface area contributed by atoms with Gasteiger partial charge in [-0.1, -0.05) is 44.7 Å². The fourth-order valence-corrected chi connectivity index (χ4v) is 2.15. The summed E-state index contributed by atoms with van der Waals surface area (Å²) in [6.45, 7) is 13.4. The quantitative estimate of drug-likeness (QED) is 0.622. The van der Waals surface area contributed by atoms with Gasteiger partial charge in [0.15, 0.2) is 0 Å². The molecule has 0 aromatic rings. The van der Waals surface area contributed by atoms with Crippen molar-refractivity contribution in [1.29, 1.82) is 0 Å². The molecule has 1 saturated heterocycles. The summed E-state index contributed by atoms with van der Waals surface area (Å²) in [5.74, 6) is 0.955. The van der Waals surface area contributed by atoms with E-state index in [-0.39, 0.29) is 0 Å². The van der Waals surface area contributed by atoms with Crippen molar-refractivity contribution in [1.82, 2.24) is 4.90 Å². The van der Waals surface area contributed by atoms with Gasteiger partial charge in [0.1, 0.15) is 0 Å². The topological polar surface area (TPSA) is 3.24 Å². The number of allylic oxidation sites excluding steroid dienone is 2. The maximum Gasteiger partial charge on any atom is 0.0233 e. The Morgan fingerprint density at radius 2 is 2.00 bits per heavy atom. The molecule has 1 heteroatoms. The second-order valence-corrected chi connectivity index (χ2v) is 4.31. The number of piperidine rings is 1. The molecule has 0 saturated carbocycles. The highest BCUT2D eigenvalue weighted by molar-refractivity contribution is 5.22. The Morgan fingerprint density at radius 3 is 2.47 bits per heavy atom. The van der Waals surface area contributed by atoms with Crippen molar-refractivity contribution in [3.05, 3.63) is 37.0 Å². The molecular weight excluding hydrogens is 182 g/mol. The van der Waals surface area contributed by atoms with Crippen LogP contribution in [0.2, 0.25) is 0 Å². The van der Waals surface area contributed by atoms with Crippen LogP contribution in [-0.2, 0) is 0 Å². The van der Waals surface area contributed by atoms with Crippen molar-refractivity contribution in [2.24, 2.45) is 5.92 Å². The molecule has 1 aliphatic heterocycles. The molecule has 0 amide bonds. The van der Waals surface area contributed by atoms with E-state index in [1.54, 1.807) is 0 Å². The third kappa shape index (κ3) is 4.05. The lowest BCUT2D eigenvalue weighted by atomic mass is 9.94. The van der Waals surface area contributed by atoms with Gasteiger partial charge in [-0.25, -0.2) is 0 Å². The summed E-state index contributed by atoms with van der Waals surface area (Å²) in [6, 6.07) is 0. The van der Waals surface area contributed by atoms with Crippen LogP contribution in [0.4, 0.5) is 0 Å². The van der Waals surface area contributed by atoms with Crippen molar-refractivity contribution in [2.75, 3.05) is 19.6 Å². The molecular formula is C14H23N. The summed E-state index contributed by atoms with van der Waals surface area (Å²) in [6.07, 6.45) is 9.89. The van der Waals surface area contributed by atoms with E-state index in [2.05, 4.69) is 31.1 Å².